The van der Waals surface area contributed by atoms with Gasteiger partial charge < -0.3 is 9.69 Å². The molecule has 1 saturated carbocycles. The van der Waals surface area contributed by atoms with Gasteiger partial charge in [0.25, 0.3) is 0 Å². The molecule has 200 valence electrons. The highest BCUT2D eigenvalue weighted by Crippen LogP contribution is 2.36. The molecule has 0 radical (unpaired) electrons. The lowest BCUT2D eigenvalue weighted by molar-refractivity contribution is -0.124. The number of anilines is 1. The van der Waals surface area contributed by atoms with Crippen molar-refractivity contribution in [1.82, 2.24) is 0 Å². The Bertz CT molecular complexity index is 1030. The van der Waals surface area contributed by atoms with Gasteiger partial charge in [0.15, 0.2) is 5.78 Å². The van der Waals surface area contributed by atoms with E-state index < -0.39 is 0 Å². The Balaban J connectivity index is 1.48. The fraction of sp³-hybridized carbons (Fsp3) is 0.545. The number of nitrogens with zero attached hydrogens (tertiary/aromatic N) is 1. The van der Waals surface area contributed by atoms with Crippen molar-refractivity contribution < 1.29 is 14.4 Å². The summed E-state index contributed by atoms with van der Waals surface area (Å²) >= 11 is 0. The standard InChI is InChI=1S/C33H45NO3/c1-5-20-34(30-18-12-24(2)13-19-30)21-8-11-32(36)28-16-14-27(15-17-28)23-29(22-26(4)35)33(37)31-10-7-6-9-25(31)3/h6-7,9-10,12-13,18-19,27-29H,5,8,11,14-17,20-23H2,1-4H3. The Morgan fingerprint density at radius 3 is 2.22 bits per heavy atom. The van der Waals surface area contributed by atoms with E-state index in [-0.39, 0.29) is 23.4 Å². The Morgan fingerprint density at radius 1 is 0.919 bits per heavy atom. The van der Waals surface area contributed by atoms with E-state index in [1.165, 1.54) is 11.3 Å². The number of rotatable bonds is 14. The normalized spacial score (nSPS) is 18.3. The zero-order chi connectivity index (χ0) is 26.8. The SMILES string of the molecule is CCCN(CCCC(=O)C1CCC(CC(CC(C)=O)C(=O)c2ccccc2C)CC1)c1ccc(C)cc1. The number of carbonyl (C=O) groups excluding carboxylic acids is 3. The average molecular weight is 504 g/mol. The van der Waals surface area contributed by atoms with Gasteiger partial charge in [-0.3, -0.25) is 9.59 Å². The fourth-order valence-electron chi connectivity index (χ4n) is 5.87. The number of carbonyl (C=O) groups is 3. The Morgan fingerprint density at radius 2 is 1.59 bits per heavy atom. The molecule has 0 N–H and O–H groups in total. The number of Topliss-reactive ketones (excluding diaryl/α,β-unsaturated/α-hetero) is 3. The Labute approximate surface area is 223 Å². The lowest BCUT2D eigenvalue weighted by Gasteiger charge is -2.30. The van der Waals surface area contributed by atoms with Crippen LogP contribution in [0.25, 0.3) is 0 Å². The number of benzene rings is 2. The number of ketones is 3. The summed E-state index contributed by atoms with van der Waals surface area (Å²) in [4.78, 5) is 40.6. The third-order valence-electron chi connectivity index (χ3n) is 7.98. The van der Waals surface area contributed by atoms with Gasteiger partial charge >= 0.3 is 0 Å². The maximum Gasteiger partial charge on any atom is 0.166 e. The first-order valence-electron chi connectivity index (χ1n) is 14.2. The van der Waals surface area contributed by atoms with Crippen LogP contribution in [-0.4, -0.2) is 30.4 Å². The van der Waals surface area contributed by atoms with Gasteiger partial charge in [-0.2, -0.15) is 0 Å². The minimum absolute atomic E-state index is 0.0681. The molecule has 0 aromatic heterocycles. The van der Waals surface area contributed by atoms with Gasteiger partial charge in [-0.05, 0) is 89.3 Å². The maximum absolute atomic E-state index is 13.3. The minimum Gasteiger partial charge on any atom is -0.372 e. The van der Waals surface area contributed by atoms with E-state index in [4.69, 9.17) is 0 Å². The molecule has 2 aromatic rings. The van der Waals surface area contributed by atoms with Crippen molar-refractivity contribution in [1.29, 1.82) is 0 Å². The van der Waals surface area contributed by atoms with Crippen molar-refractivity contribution in [3.63, 3.8) is 0 Å². The quantitative estimate of drug-likeness (QED) is 0.250. The van der Waals surface area contributed by atoms with Gasteiger partial charge in [0, 0.05) is 49.0 Å². The van der Waals surface area contributed by atoms with Crippen molar-refractivity contribution >= 4 is 23.0 Å². The lowest BCUT2D eigenvalue weighted by Crippen LogP contribution is -2.28. The molecule has 1 fully saturated rings. The zero-order valence-corrected chi connectivity index (χ0v) is 23.3. The molecular formula is C33H45NO3. The molecule has 4 nitrogen and oxygen atoms in total. The summed E-state index contributed by atoms with van der Waals surface area (Å²) in [7, 11) is 0. The molecule has 1 aliphatic rings. The van der Waals surface area contributed by atoms with Crippen LogP contribution in [-0.2, 0) is 9.59 Å². The van der Waals surface area contributed by atoms with Crippen LogP contribution in [0.1, 0.15) is 93.1 Å². The van der Waals surface area contributed by atoms with Gasteiger partial charge in [-0.15, -0.1) is 0 Å². The zero-order valence-electron chi connectivity index (χ0n) is 23.3. The van der Waals surface area contributed by atoms with Gasteiger partial charge in [-0.25, -0.2) is 0 Å². The van der Waals surface area contributed by atoms with E-state index in [0.29, 0.717) is 24.5 Å². The molecule has 0 bridgehead atoms. The predicted octanol–water partition coefficient (Wildman–Crippen LogP) is 7.54. The third kappa shape index (κ3) is 8.66. The van der Waals surface area contributed by atoms with Crippen LogP contribution >= 0.6 is 0 Å². The molecule has 0 spiro atoms. The third-order valence-corrected chi connectivity index (χ3v) is 7.98. The van der Waals surface area contributed by atoms with Crippen LogP contribution in [0.15, 0.2) is 48.5 Å². The van der Waals surface area contributed by atoms with E-state index >= 15 is 0 Å². The highest BCUT2D eigenvalue weighted by molar-refractivity contribution is 6.01. The second-order valence-corrected chi connectivity index (χ2v) is 11.1. The van der Waals surface area contributed by atoms with Gasteiger partial charge in [0.2, 0.25) is 0 Å². The van der Waals surface area contributed by atoms with E-state index in [0.717, 1.165) is 69.2 Å². The first kappa shape index (κ1) is 28.8. The monoisotopic (exact) mass is 503 g/mol. The van der Waals surface area contributed by atoms with Crippen molar-refractivity contribution in [3.8, 4) is 0 Å². The predicted molar refractivity (Wildman–Crippen MR) is 152 cm³/mol. The molecule has 1 unspecified atom stereocenters. The second kappa shape index (κ2) is 14.3. The summed E-state index contributed by atoms with van der Waals surface area (Å²) in [6, 6.07) is 16.3. The Hall–Kier alpha value is -2.75. The molecule has 0 amide bonds. The van der Waals surface area contributed by atoms with E-state index in [1.807, 2.05) is 31.2 Å². The molecule has 1 aliphatic carbocycles. The number of hydrogen-bond donors (Lipinski definition) is 0. The van der Waals surface area contributed by atoms with E-state index in [2.05, 4.69) is 43.0 Å². The van der Waals surface area contributed by atoms with Gasteiger partial charge in [0.05, 0.1) is 0 Å². The lowest BCUT2D eigenvalue weighted by atomic mass is 9.74. The van der Waals surface area contributed by atoms with E-state index in [1.54, 1.807) is 6.92 Å². The smallest absolute Gasteiger partial charge is 0.166 e. The highest BCUT2D eigenvalue weighted by atomic mass is 16.1. The number of hydrogen-bond acceptors (Lipinski definition) is 4. The molecule has 0 heterocycles. The Kier molecular flexibility index (Phi) is 11.1. The molecule has 1 atom stereocenters. The maximum atomic E-state index is 13.3. The minimum atomic E-state index is -0.262. The van der Waals surface area contributed by atoms with Crippen LogP contribution in [0, 0.1) is 31.6 Å². The van der Waals surface area contributed by atoms with Crippen molar-refractivity contribution in [3.05, 3.63) is 65.2 Å². The first-order valence-corrected chi connectivity index (χ1v) is 14.2. The average Bonchev–Trinajstić information content (AvgIpc) is 2.88. The van der Waals surface area contributed by atoms with Crippen molar-refractivity contribution in [2.45, 2.75) is 85.5 Å². The molecule has 2 aromatic carbocycles. The topological polar surface area (TPSA) is 54.5 Å². The summed E-state index contributed by atoms with van der Waals surface area (Å²) in [6.07, 6.45) is 7.42. The van der Waals surface area contributed by atoms with E-state index in [9.17, 15) is 14.4 Å². The van der Waals surface area contributed by atoms with Gasteiger partial charge in [-0.1, -0.05) is 48.9 Å². The van der Waals surface area contributed by atoms with Crippen LogP contribution in [0.2, 0.25) is 0 Å². The molecule has 3 rings (SSSR count). The van der Waals surface area contributed by atoms with Crippen LogP contribution < -0.4 is 4.90 Å². The summed E-state index contributed by atoms with van der Waals surface area (Å²) in [6.45, 7) is 9.75. The van der Waals surface area contributed by atoms with Crippen molar-refractivity contribution in [2.75, 3.05) is 18.0 Å². The number of aryl methyl sites for hydroxylation is 2. The fourth-order valence-corrected chi connectivity index (χ4v) is 5.87. The van der Waals surface area contributed by atoms with Crippen LogP contribution in [0.3, 0.4) is 0 Å². The summed E-state index contributed by atoms with van der Waals surface area (Å²) in [5.41, 5.74) is 4.20. The first-order chi connectivity index (χ1) is 17.8. The largest absolute Gasteiger partial charge is 0.372 e. The molecule has 0 aliphatic heterocycles. The summed E-state index contributed by atoms with van der Waals surface area (Å²) in [5.74, 6) is 0.851. The highest BCUT2D eigenvalue weighted by Gasteiger charge is 2.31. The van der Waals surface area contributed by atoms with Crippen LogP contribution in [0.4, 0.5) is 5.69 Å². The molecule has 37 heavy (non-hydrogen) atoms. The van der Waals surface area contributed by atoms with Crippen molar-refractivity contribution in [2.24, 2.45) is 17.8 Å². The molecule has 0 saturated heterocycles. The molecule has 4 heteroatoms. The summed E-state index contributed by atoms with van der Waals surface area (Å²) in [5, 5.41) is 0. The second-order valence-electron chi connectivity index (χ2n) is 11.1. The molecular weight excluding hydrogens is 458 g/mol. The van der Waals surface area contributed by atoms with Gasteiger partial charge in [0.1, 0.15) is 11.6 Å². The van der Waals surface area contributed by atoms with Crippen LogP contribution in [0.5, 0.6) is 0 Å². The summed E-state index contributed by atoms with van der Waals surface area (Å²) < 4.78 is 0.